The molecule has 0 saturated heterocycles. The molecule has 1 aromatic carbocycles. The molecule has 21 heavy (non-hydrogen) atoms. The van der Waals surface area contributed by atoms with Crippen molar-refractivity contribution < 1.29 is 19.5 Å². The van der Waals surface area contributed by atoms with E-state index in [-0.39, 0.29) is 35.7 Å². The molecule has 0 aliphatic carbocycles. The van der Waals surface area contributed by atoms with Gasteiger partial charge in [-0.25, -0.2) is 9.80 Å². The van der Waals surface area contributed by atoms with Gasteiger partial charge >= 0.3 is 5.97 Å². The lowest BCUT2D eigenvalue weighted by atomic mass is 10.1. The fraction of sp³-hybridized carbons (Fsp3) is 0.231. The highest BCUT2D eigenvalue weighted by Gasteiger charge is 2.23. The second-order valence-corrected chi connectivity index (χ2v) is 5.33. The van der Waals surface area contributed by atoms with E-state index in [0.29, 0.717) is 4.47 Å². The van der Waals surface area contributed by atoms with Crippen LogP contribution in [0.2, 0.25) is 0 Å². The first-order valence-corrected chi connectivity index (χ1v) is 6.86. The van der Waals surface area contributed by atoms with Crippen LogP contribution in [0.15, 0.2) is 27.8 Å². The lowest BCUT2D eigenvalue weighted by Gasteiger charge is -2.19. The Hall–Kier alpha value is -2.22. The summed E-state index contributed by atoms with van der Waals surface area (Å²) in [6.45, 7) is 0. The van der Waals surface area contributed by atoms with Gasteiger partial charge < -0.3 is 10.4 Å². The van der Waals surface area contributed by atoms with Crippen LogP contribution in [0.4, 0.5) is 5.69 Å². The van der Waals surface area contributed by atoms with E-state index in [1.54, 1.807) is 6.07 Å². The summed E-state index contributed by atoms with van der Waals surface area (Å²) >= 11 is 3.22. The fourth-order valence-corrected chi connectivity index (χ4v) is 2.19. The zero-order chi connectivity index (χ0) is 15.6. The molecule has 0 bridgehead atoms. The van der Waals surface area contributed by atoms with Crippen LogP contribution in [0.5, 0.6) is 0 Å². The number of benzene rings is 1. The third-order valence-electron chi connectivity index (χ3n) is 2.93. The summed E-state index contributed by atoms with van der Waals surface area (Å²) in [7, 11) is 1.47. The minimum Gasteiger partial charge on any atom is -0.478 e. The van der Waals surface area contributed by atoms with Crippen LogP contribution in [-0.2, 0) is 9.59 Å². The maximum atomic E-state index is 12.1. The van der Waals surface area contributed by atoms with Gasteiger partial charge in [-0.3, -0.25) is 9.59 Å². The smallest absolute Gasteiger partial charge is 0.337 e. The Bertz CT molecular complexity index is 657. The minimum atomic E-state index is -1.14. The number of nitrogens with one attached hydrogen (secondary N) is 1. The van der Waals surface area contributed by atoms with Crippen LogP contribution < -0.4 is 5.32 Å². The van der Waals surface area contributed by atoms with E-state index in [1.807, 2.05) is 0 Å². The summed E-state index contributed by atoms with van der Waals surface area (Å²) in [5.41, 5.74) is 0.338. The molecular formula is C13H12BrN3O4. The van der Waals surface area contributed by atoms with Crippen LogP contribution in [0, 0.1) is 0 Å². The van der Waals surface area contributed by atoms with Gasteiger partial charge in [-0.05, 0) is 18.2 Å². The monoisotopic (exact) mass is 353 g/mol. The number of hydrogen-bond donors (Lipinski definition) is 2. The van der Waals surface area contributed by atoms with Gasteiger partial charge in [0.25, 0.3) is 5.91 Å². The molecule has 1 aliphatic heterocycles. The van der Waals surface area contributed by atoms with E-state index < -0.39 is 11.9 Å². The molecule has 0 unspecified atom stereocenters. The Morgan fingerprint density at radius 2 is 2.10 bits per heavy atom. The number of anilines is 1. The third-order valence-corrected chi connectivity index (χ3v) is 3.42. The summed E-state index contributed by atoms with van der Waals surface area (Å²) in [6.07, 6.45) is 0.429. The number of carboxylic acids is 1. The summed E-state index contributed by atoms with van der Waals surface area (Å²) in [5.74, 6) is -1.83. The first-order valence-electron chi connectivity index (χ1n) is 6.06. The van der Waals surface area contributed by atoms with Crippen LogP contribution >= 0.6 is 15.9 Å². The Kier molecular flexibility index (Phi) is 4.37. The molecule has 0 aromatic heterocycles. The molecular weight excluding hydrogens is 342 g/mol. The van der Waals surface area contributed by atoms with Gasteiger partial charge in [0.05, 0.1) is 11.3 Å². The van der Waals surface area contributed by atoms with E-state index >= 15 is 0 Å². The van der Waals surface area contributed by atoms with Gasteiger partial charge in [-0.15, -0.1) is 0 Å². The summed E-state index contributed by atoms with van der Waals surface area (Å²) in [6, 6.07) is 4.46. The highest BCUT2D eigenvalue weighted by atomic mass is 79.9. The van der Waals surface area contributed by atoms with Crippen LogP contribution in [0.3, 0.4) is 0 Å². The summed E-state index contributed by atoms with van der Waals surface area (Å²) in [4.78, 5) is 34.6. The number of aromatic carboxylic acids is 1. The number of carbonyl (C=O) groups is 3. The van der Waals surface area contributed by atoms with Crippen molar-refractivity contribution in [2.75, 3.05) is 12.4 Å². The number of carboxylic acid groups (broad SMARTS) is 1. The topological polar surface area (TPSA) is 99.1 Å². The van der Waals surface area contributed by atoms with Crippen molar-refractivity contribution in [1.29, 1.82) is 0 Å². The molecule has 2 amide bonds. The number of halogens is 1. The molecule has 1 heterocycles. The molecule has 110 valence electrons. The maximum absolute atomic E-state index is 12.1. The first-order chi connectivity index (χ1) is 9.88. The van der Waals surface area contributed by atoms with Crippen molar-refractivity contribution in [3.63, 3.8) is 0 Å². The van der Waals surface area contributed by atoms with Gasteiger partial charge in [0.1, 0.15) is 5.71 Å². The second kappa shape index (κ2) is 6.04. The third kappa shape index (κ3) is 3.46. The van der Waals surface area contributed by atoms with E-state index in [9.17, 15) is 14.4 Å². The quantitative estimate of drug-likeness (QED) is 0.863. The van der Waals surface area contributed by atoms with E-state index in [1.165, 1.54) is 19.2 Å². The SMILES string of the molecule is CN1N=C(C(=O)Nc2cc(Br)ccc2C(=O)O)CCC1=O. The van der Waals surface area contributed by atoms with Crippen LogP contribution in [-0.4, -0.2) is 40.7 Å². The van der Waals surface area contributed by atoms with Crippen LogP contribution in [0.1, 0.15) is 23.2 Å². The molecule has 7 nitrogen and oxygen atoms in total. The molecule has 0 saturated carbocycles. The zero-order valence-corrected chi connectivity index (χ0v) is 12.7. The number of rotatable bonds is 3. The standard InChI is InChI=1S/C13H12BrN3O4/c1-17-11(18)5-4-9(16-17)12(19)15-10-6-7(14)2-3-8(10)13(20)21/h2-3,6H,4-5H2,1H3,(H,15,19)(H,20,21). The fourth-order valence-electron chi connectivity index (χ4n) is 1.83. The number of hydrazone groups is 1. The van der Waals surface area contributed by atoms with Gasteiger partial charge in [0.15, 0.2) is 0 Å². The summed E-state index contributed by atoms with van der Waals surface area (Å²) in [5, 5.41) is 16.6. The van der Waals surface area contributed by atoms with E-state index in [4.69, 9.17) is 5.11 Å². The predicted molar refractivity (Wildman–Crippen MR) is 79.2 cm³/mol. The lowest BCUT2D eigenvalue weighted by molar-refractivity contribution is -0.130. The molecule has 1 aromatic rings. The molecule has 0 spiro atoms. The number of nitrogens with zero attached hydrogens (tertiary/aromatic N) is 2. The maximum Gasteiger partial charge on any atom is 0.337 e. The largest absolute Gasteiger partial charge is 0.478 e. The average molecular weight is 354 g/mol. The Morgan fingerprint density at radius 3 is 2.71 bits per heavy atom. The minimum absolute atomic E-state index is 0.0209. The lowest BCUT2D eigenvalue weighted by Crippen LogP contribution is -2.34. The normalized spacial score (nSPS) is 14.7. The van der Waals surface area contributed by atoms with Crippen molar-refractivity contribution in [2.45, 2.75) is 12.8 Å². The molecule has 0 atom stereocenters. The van der Waals surface area contributed by atoms with Crippen molar-refractivity contribution in [3.8, 4) is 0 Å². The highest BCUT2D eigenvalue weighted by Crippen LogP contribution is 2.22. The van der Waals surface area contributed by atoms with Gasteiger partial charge in [0.2, 0.25) is 5.91 Å². The first kappa shape index (κ1) is 15.2. The van der Waals surface area contributed by atoms with Gasteiger partial charge in [-0.2, -0.15) is 5.10 Å². The van der Waals surface area contributed by atoms with Crippen LogP contribution in [0.25, 0.3) is 0 Å². The average Bonchev–Trinajstić information content (AvgIpc) is 2.41. The Balaban J connectivity index is 2.24. The van der Waals surface area contributed by atoms with E-state index in [2.05, 4.69) is 26.3 Å². The molecule has 2 N–H and O–H groups in total. The zero-order valence-electron chi connectivity index (χ0n) is 11.1. The van der Waals surface area contributed by atoms with Gasteiger partial charge in [-0.1, -0.05) is 15.9 Å². The van der Waals surface area contributed by atoms with Crippen molar-refractivity contribution in [2.24, 2.45) is 5.10 Å². The summed E-state index contributed by atoms with van der Waals surface area (Å²) < 4.78 is 0.640. The number of hydrogen-bond acceptors (Lipinski definition) is 4. The number of amides is 2. The predicted octanol–water partition coefficient (Wildman–Crippen LogP) is 1.69. The molecule has 2 rings (SSSR count). The Labute approximate surface area is 128 Å². The highest BCUT2D eigenvalue weighted by molar-refractivity contribution is 9.10. The molecule has 0 radical (unpaired) electrons. The van der Waals surface area contributed by atoms with Crippen molar-refractivity contribution in [1.82, 2.24) is 5.01 Å². The van der Waals surface area contributed by atoms with Gasteiger partial charge in [0, 0.05) is 24.4 Å². The molecule has 0 fully saturated rings. The number of carbonyl (C=O) groups excluding carboxylic acids is 2. The second-order valence-electron chi connectivity index (χ2n) is 4.41. The van der Waals surface area contributed by atoms with Crippen molar-refractivity contribution in [3.05, 3.63) is 28.2 Å². The molecule has 1 aliphatic rings. The Morgan fingerprint density at radius 1 is 1.38 bits per heavy atom. The van der Waals surface area contributed by atoms with Crippen molar-refractivity contribution >= 4 is 45.1 Å². The molecule has 8 heteroatoms. The van der Waals surface area contributed by atoms with E-state index in [0.717, 1.165) is 5.01 Å².